The number of benzene rings is 2. The van der Waals surface area contributed by atoms with Crippen LogP contribution in [0.25, 0.3) is 21.3 Å². The third-order valence-corrected chi connectivity index (χ3v) is 7.15. The number of fused-ring (bicyclic) bond motifs is 2. The van der Waals surface area contributed by atoms with Gasteiger partial charge in [-0.25, -0.2) is 9.78 Å². The molecule has 1 unspecified atom stereocenters. The third kappa shape index (κ3) is 3.45. The van der Waals surface area contributed by atoms with E-state index in [0.717, 1.165) is 24.0 Å². The first-order valence-corrected chi connectivity index (χ1v) is 11.7. The fourth-order valence-electron chi connectivity index (χ4n) is 4.66. The van der Waals surface area contributed by atoms with Gasteiger partial charge in [0.15, 0.2) is 6.04 Å². The van der Waals surface area contributed by atoms with Crippen LogP contribution in [-0.2, 0) is 22.4 Å². The van der Waals surface area contributed by atoms with Gasteiger partial charge in [0, 0.05) is 10.9 Å². The minimum atomic E-state index is -0.887. The van der Waals surface area contributed by atoms with E-state index in [2.05, 4.69) is 18.2 Å². The molecule has 1 aliphatic carbocycles. The molecule has 4 aromatic rings. The molecule has 5 rings (SSSR count). The second-order valence-electron chi connectivity index (χ2n) is 8.19. The largest absolute Gasteiger partial charge is 0.467 e. The summed E-state index contributed by atoms with van der Waals surface area (Å²) in [6, 6.07) is 14.9. The zero-order chi connectivity index (χ0) is 22.2. The number of carbonyl (C=O) groups excluding carboxylic acids is 1. The van der Waals surface area contributed by atoms with Gasteiger partial charge in [-0.3, -0.25) is 9.36 Å². The molecule has 32 heavy (non-hydrogen) atoms. The zero-order valence-corrected chi connectivity index (χ0v) is 18.9. The minimum Gasteiger partial charge on any atom is -0.467 e. The summed E-state index contributed by atoms with van der Waals surface area (Å²) < 4.78 is 6.55. The van der Waals surface area contributed by atoms with E-state index in [1.165, 1.54) is 47.0 Å². The molecular formula is C26H24N2O3S. The first-order valence-electron chi connectivity index (χ1n) is 10.8. The van der Waals surface area contributed by atoms with Gasteiger partial charge in [0.05, 0.1) is 12.5 Å². The van der Waals surface area contributed by atoms with E-state index in [9.17, 15) is 9.59 Å². The smallest absolute Gasteiger partial charge is 0.333 e. The highest BCUT2D eigenvalue weighted by Crippen LogP contribution is 2.34. The molecule has 162 valence electrons. The molecule has 2 aromatic heterocycles. The molecule has 6 heteroatoms. The van der Waals surface area contributed by atoms with Crippen LogP contribution < -0.4 is 5.56 Å². The number of aromatic nitrogens is 2. The van der Waals surface area contributed by atoms with E-state index in [1.807, 2.05) is 35.7 Å². The summed E-state index contributed by atoms with van der Waals surface area (Å²) in [6.45, 7) is 1.76. The molecule has 0 aliphatic heterocycles. The highest BCUT2D eigenvalue weighted by atomic mass is 32.1. The lowest BCUT2D eigenvalue weighted by atomic mass is 9.89. The number of aryl methyl sites for hydroxylation is 3. The van der Waals surface area contributed by atoms with Gasteiger partial charge in [0.2, 0.25) is 0 Å². The van der Waals surface area contributed by atoms with Gasteiger partial charge in [0.1, 0.15) is 10.7 Å². The number of esters is 1. The molecule has 0 radical (unpaired) electrons. The highest BCUT2D eigenvalue weighted by Gasteiger charge is 2.28. The molecule has 0 bridgehead atoms. The summed E-state index contributed by atoms with van der Waals surface area (Å²) in [6.07, 6.45) is 4.62. The molecule has 0 saturated heterocycles. The van der Waals surface area contributed by atoms with Crippen molar-refractivity contribution < 1.29 is 9.53 Å². The number of rotatable bonds is 4. The van der Waals surface area contributed by atoms with Gasteiger partial charge in [-0.1, -0.05) is 48.5 Å². The van der Waals surface area contributed by atoms with Gasteiger partial charge in [-0.2, -0.15) is 0 Å². The van der Waals surface area contributed by atoms with E-state index < -0.39 is 12.0 Å². The number of thiophene rings is 1. The predicted octanol–water partition coefficient (Wildman–Crippen LogP) is 5.07. The Balaban J connectivity index is 1.72. The second-order valence-corrected chi connectivity index (χ2v) is 9.05. The summed E-state index contributed by atoms with van der Waals surface area (Å²) in [5.41, 5.74) is 5.14. The first kappa shape index (κ1) is 20.6. The second kappa shape index (κ2) is 8.36. The van der Waals surface area contributed by atoms with Crippen LogP contribution in [0.15, 0.2) is 58.7 Å². The van der Waals surface area contributed by atoms with E-state index >= 15 is 0 Å². The maximum Gasteiger partial charge on any atom is 0.333 e. The van der Waals surface area contributed by atoms with Crippen molar-refractivity contribution >= 4 is 27.5 Å². The normalized spacial score (nSPS) is 14.2. The molecule has 0 saturated carbocycles. The predicted molar refractivity (Wildman–Crippen MR) is 127 cm³/mol. The van der Waals surface area contributed by atoms with Crippen molar-refractivity contribution in [3.8, 4) is 11.1 Å². The van der Waals surface area contributed by atoms with Crippen molar-refractivity contribution in [2.24, 2.45) is 0 Å². The Morgan fingerprint density at radius 1 is 1.09 bits per heavy atom. The lowest BCUT2D eigenvalue weighted by Gasteiger charge is -2.20. The maximum atomic E-state index is 13.9. The average molecular weight is 445 g/mol. The number of carbonyl (C=O) groups is 1. The lowest BCUT2D eigenvalue weighted by molar-refractivity contribution is -0.143. The van der Waals surface area contributed by atoms with E-state index in [1.54, 1.807) is 6.92 Å². The number of hydrogen-bond donors (Lipinski definition) is 0. The van der Waals surface area contributed by atoms with Crippen LogP contribution in [-0.4, -0.2) is 22.6 Å². The van der Waals surface area contributed by atoms with Crippen LogP contribution in [0.2, 0.25) is 0 Å². The molecule has 0 spiro atoms. The Morgan fingerprint density at radius 2 is 1.84 bits per heavy atom. The summed E-state index contributed by atoms with van der Waals surface area (Å²) in [7, 11) is 1.34. The Kier molecular flexibility index (Phi) is 5.39. The molecule has 0 amide bonds. The molecule has 2 heterocycles. The number of nitrogens with zero attached hydrogens (tertiary/aromatic N) is 2. The van der Waals surface area contributed by atoms with Crippen molar-refractivity contribution in [1.82, 2.24) is 9.55 Å². The topological polar surface area (TPSA) is 61.2 Å². The van der Waals surface area contributed by atoms with Crippen LogP contribution in [0, 0.1) is 6.92 Å². The molecule has 1 aliphatic rings. The average Bonchev–Trinajstić information content (AvgIpc) is 3.25. The SMILES string of the molecule is COC(=O)C(c1ccccc1)n1c(C)nc2scc(-c3ccc4c(c3)CCCC4)c2c1=O. The Labute approximate surface area is 190 Å². The molecular weight excluding hydrogens is 420 g/mol. The number of methoxy groups -OCH3 is 1. The highest BCUT2D eigenvalue weighted by molar-refractivity contribution is 7.17. The summed E-state index contributed by atoms with van der Waals surface area (Å²) in [5.74, 6) is -0.00583. The number of ether oxygens (including phenoxy) is 1. The van der Waals surface area contributed by atoms with Crippen LogP contribution in [0.3, 0.4) is 0 Å². The molecule has 2 aromatic carbocycles. The Hall–Kier alpha value is -3.25. The maximum absolute atomic E-state index is 13.9. The lowest BCUT2D eigenvalue weighted by Crippen LogP contribution is -2.33. The summed E-state index contributed by atoms with van der Waals surface area (Å²) >= 11 is 1.46. The van der Waals surface area contributed by atoms with Crippen LogP contribution in [0.4, 0.5) is 0 Å². The van der Waals surface area contributed by atoms with Gasteiger partial charge >= 0.3 is 5.97 Å². The van der Waals surface area contributed by atoms with Crippen molar-refractivity contribution in [3.05, 3.63) is 86.8 Å². The van der Waals surface area contributed by atoms with Crippen LogP contribution >= 0.6 is 11.3 Å². The number of hydrogen-bond acceptors (Lipinski definition) is 5. The van der Waals surface area contributed by atoms with Crippen LogP contribution in [0.1, 0.15) is 41.4 Å². The zero-order valence-electron chi connectivity index (χ0n) is 18.1. The minimum absolute atomic E-state index is 0.222. The van der Waals surface area contributed by atoms with Crippen LogP contribution in [0.5, 0.6) is 0 Å². The van der Waals surface area contributed by atoms with Gasteiger partial charge in [-0.15, -0.1) is 11.3 Å². The quantitative estimate of drug-likeness (QED) is 0.412. The molecule has 5 nitrogen and oxygen atoms in total. The Morgan fingerprint density at radius 3 is 2.59 bits per heavy atom. The van der Waals surface area contributed by atoms with Crippen molar-refractivity contribution in [2.45, 2.75) is 38.6 Å². The Bertz CT molecular complexity index is 1370. The first-order chi connectivity index (χ1) is 15.6. The van der Waals surface area contributed by atoms with E-state index in [0.29, 0.717) is 21.6 Å². The standard InChI is InChI=1S/C26H24N2O3S/c1-16-27-24-22(21(15-32-24)20-13-12-17-8-6-7-11-19(17)14-20)25(29)28(16)23(26(30)31-2)18-9-4-3-5-10-18/h3-5,9-10,12-15,23H,6-8,11H2,1-2H3. The van der Waals surface area contributed by atoms with E-state index in [4.69, 9.17) is 9.72 Å². The van der Waals surface area contributed by atoms with Crippen molar-refractivity contribution in [3.63, 3.8) is 0 Å². The van der Waals surface area contributed by atoms with Gasteiger partial charge < -0.3 is 4.74 Å². The molecule has 1 atom stereocenters. The van der Waals surface area contributed by atoms with Gasteiger partial charge in [-0.05, 0) is 54.9 Å². The van der Waals surface area contributed by atoms with Crippen molar-refractivity contribution in [2.75, 3.05) is 7.11 Å². The van der Waals surface area contributed by atoms with E-state index in [-0.39, 0.29) is 5.56 Å². The fraction of sp³-hybridized carbons (Fsp3) is 0.269. The third-order valence-electron chi connectivity index (χ3n) is 6.27. The van der Waals surface area contributed by atoms with Crippen molar-refractivity contribution in [1.29, 1.82) is 0 Å². The molecule has 0 N–H and O–H groups in total. The monoisotopic (exact) mass is 444 g/mol. The fourth-order valence-corrected chi connectivity index (χ4v) is 5.64. The van der Waals surface area contributed by atoms with Gasteiger partial charge in [0.25, 0.3) is 5.56 Å². The molecule has 0 fully saturated rings. The summed E-state index contributed by atoms with van der Waals surface area (Å²) in [5, 5.41) is 2.56. The summed E-state index contributed by atoms with van der Waals surface area (Å²) in [4.78, 5) is 32.0.